The molecule has 2 aliphatic rings. The zero-order chi connectivity index (χ0) is 18.6. The van der Waals surface area contributed by atoms with Crippen LogP contribution in [-0.4, -0.2) is 49.7 Å². The van der Waals surface area contributed by atoms with Crippen LogP contribution in [0.5, 0.6) is 5.75 Å². The summed E-state index contributed by atoms with van der Waals surface area (Å²) in [5, 5.41) is 0. The zero-order valence-corrected chi connectivity index (χ0v) is 16.2. The largest absolute Gasteiger partial charge is 0.489 e. The summed E-state index contributed by atoms with van der Waals surface area (Å²) in [7, 11) is 0. The van der Waals surface area contributed by atoms with Crippen molar-refractivity contribution in [3.8, 4) is 16.9 Å². The molecule has 0 radical (unpaired) electrons. The smallest absolute Gasteiger partial charge is 0.182 e. The fourth-order valence-electron chi connectivity index (χ4n) is 3.82. The fourth-order valence-corrected chi connectivity index (χ4v) is 3.82. The van der Waals surface area contributed by atoms with E-state index in [1.54, 1.807) is 0 Å². The molecule has 2 aliphatic heterocycles. The number of ether oxygens (including phenoxy) is 2. The lowest BCUT2D eigenvalue weighted by Gasteiger charge is -2.19. The van der Waals surface area contributed by atoms with Crippen molar-refractivity contribution in [2.45, 2.75) is 39.0 Å². The van der Waals surface area contributed by atoms with Crippen molar-refractivity contribution in [1.29, 1.82) is 0 Å². The Morgan fingerprint density at radius 2 is 1.85 bits per heavy atom. The number of hydrogen-bond donors (Lipinski definition) is 0. The van der Waals surface area contributed by atoms with Gasteiger partial charge in [0, 0.05) is 12.8 Å². The summed E-state index contributed by atoms with van der Waals surface area (Å²) in [6.07, 6.45) is 4.44. The van der Waals surface area contributed by atoms with E-state index in [1.807, 2.05) is 18.3 Å². The monoisotopic (exact) mass is 364 g/mol. The van der Waals surface area contributed by atoms with Gasteiger partial charge >= 0.3 is 0 Å². The molecule has 0 saturated carbocycles. The molecule has 2 aromatic carbocycles. The number of aryl methyl sites for hydroxylation is 1. The molecule has 0 aromatic heterocycles. The first kappa shape index (κ1) is 18.2. The Kier molecular flexibility index (Phi) is 5.55. The molecule has 1 fully saturated rings. The Hall–Kier alpha value is -2.17. The number of rotatable bonds is 6. The summed E-state index contributed by atoms with van der Waals surface area (Å²) in [6, 6.07) is 14.7. The lowest BCUT2D eigenvalue weighted by Crippen LogP contribution is -2.32. The summed E-state index contributed by atoms with van der Waals surface area (Å²) < 4.78 is 11.9. The molecule has 0 N–H and O–H groups in total. The first-order valence-corrected chi connectivity index (χ1v) is 9.89. The Balaban J connectivity index is 1.29. The van der Waals surface area contributed by atoms with Crippen molar-refractivity contribution in [3.05, 3.63) is 53.6 Å². The second kappa shape index (κ2) is 8.24. The SMILES string of the molecule is Cc1cccc(-c2ccc(OC[C@H]3N=CC(CN4CCCC4)O3)cc2)c1C. The van der Waals surface area contributed by atoms with E-state index in [0.717, 1.165) is 12.3 Å². The second-order valence-electron chi connectivity index (χ2n) is 7.52. The number of aliphatic imine (C=N–C) groups is 1. The van der Waals surface area contributed by atoms with Gasteiger partial charge in [-0.05, 0) is 74.2 Å². The topological polar surface area (TPSA) is 34.1 Å². The molecule has 0 amide bonds. The van der Waals surface area contributed by atoms with Gasteiger partial charge in [-0.1, -0.05) is 30.3 Å². The number of likely N-dealkylation sites (tertiary alicyclic amines) is 1. The average molecular weight is 364 g/mol. The minimum Gasteiger partial charge on any atom is -0.489 e. The average Bonchev–Trinajstić information content (AvgIpc) is 3.35. The van der Waals surface area contributed by atoms with E-state index in [2.05, 4.69) is 54.1 Å². The lowest BCUT2D eigenvalue weighted by molar-refractivity contribution is 0.00943. The number of hydrogen-bond acceptors (Lipinski definition) is 4. The van der Waals surface area contributed by atoms with Crippen LogP contribution < -0.4 is 4.74 Å². The lowest BCUT2D eigenvalue weighted by atomic mass is 9.97. The van der Waals surface area contributed by atoms with Crippen molar-refractivity contribution >= 4 is 6.21 Å². The van der Waals surface area contributed by atoms with Crippen LogP contribution in [0, 0.1) is 13.8 Å². The second-order valence-corrected chi connectivity index (χ2v) is 7.52. The van der Waals surface area contributed by atoms with Crippen LogP contribution >= 0.6 is 0 Å². The van der Waals surface area contributed by atoms with Gasteiger partial charge in [-0.25, -0.2) is 0 Å². The van der Waals surface area contributed by atoms with Gasteiger partial charge in [0.2, 0.25) is 0 Å². The first-order valence-electron chi connectivity index (χ1n) is 9.89. The third kappa shape index (κ3) is 4.40. The third-order valence-corrected chi connectivity index (χ3v) is 5.55. The van der Waals surface area contributed by atoms with E-state index in [0.29, 0.717) is 6.61 Å². The normalized spacial score (nSPS) is 22.4. The van der Waals surface area contributed by atoms with E-state index < -0.39 is 0 Å². The molecule has 2 atom stereocenters. The van der Waals surface area contributed by atoms with Crippen LogP contribution in [-0.2, 0) is 4.74 Å². The van der Waals surface area contributed by atoms with Gasteiger partial charge in [0.15, 0.2) is 6.23 Å². The van der Waals surface area contributed by atoms with E-state index in [4.69, 9.17) is 9.47 Å². The Labute approximate surface area is 161 Å². The van der Waals surface area contributed by atoms with Crippen LogP contribution in [0.1, 0.15) is 24.0 Å². The number of benzene rings is 2. The summed E-state index contributed by atoms with van der Waals surface area (Å²) in [5.74, 6) is 0.853. The standard InChI is InChI=1S/C23H28N2O2/c1-17-6-5-7-22(18(17)2)19-8-10-20(11-9-19)26-16-23-24-14-21(27-23)15-25-12-3-4-13-25/h5-11,14,21,23H,3-4,12-13,15-16H2,1-2H3/t21?,23-/m0/s1. The summed E-state index contributed by atoms with van der Waals surface area (Å²) >= 11 is 0. The molecule has 27 heavy (non-hydrogen) atoms. The van der Waals surface area contributed by atoms with Crippen LogP contribution in [0.25, 0.3) is 11.1 Å². The van der Waals surface area contributed by atoms with E-state index in [-0.39, 0.29) is 12.3 Å². The molecule has 0 spiro atoms. The van der Waals surface area contributed by atoms with Crippen molar-refractivity contribution in [3.63, 3.8) is 0 Å². The van der Waals surface area contributed by atoms with Gasteiger partial charge in [0.05, 0.1) is 0 Å². The highest BCUT2D eigenvalue weighted by Gasteiger charge is 2.24. The maximum absolute atomic E-state index is 5.98. The van der Waals surface area contributed by atoms with Crippen molar-refractivity contribution in [2.24, 2.45) is 4.99 Å². The molecule has 2 aromatic rings. The molecule has 4 heteroatoms. The third-order valence-electron chi connectivity index (χ3n) is 5.55. The highest BCUT2D eigenvalue weighted by Crippen LogP contribution is 2.27. The molecular weight excluding hydrogens is 336 g/mol. The summed E-state index contributed by atoms with van der Waals surface area (Å²) in [4.78, 5) is 6.91. The molecule has 4 nitrogen and oxygen atoms in total. The van der Waals surface area contributed by atoms with Crippen molar-refractivity contribution in [1.82, 2.24) is 4.90 Å². The van der Waals surface area contributed by atoms with E-state index >= 15 is 0 Å². The Morgan fingerprint density at radius 1 is 1.07 bits per heavy atom. The molecule has 2 heterocycles. The highest BCUT2D eigenvalue weighted by molar-refractivity contribution is 5.69. The van der Waals surface area contributed by atoms with Gasteiger partial charge in [-0.2, -0.15) is 0 Å². The van der Waals surface area contributed by atoms with Crippen molar-refractivity contribution in [2.75, 3.05) is 26.2 Å². The van der Waals surface area contributed by atoms with E-state index in [1.165, 1.54) is 48.2 Å². The van der Waals surface area contributed by atoms with Gasteiger partial charge in [-0.3, -0.25) is 4.99 Å². The Morgan fingerprint density at radius 3 is 2.63 bits per heavy atom. The minimum absolute atomic E-state index is 0.100. The molecule has 0 bridgehead atoms. The van der Waals surface area contributed by atoms with Crippen LogP contribution in [0.4, 0.5) is 0 Å². The molecule has 142 valence electrons. The van der Waals surface area contributed by atoms with Gasteiger partial charge < -0.3 is 14.4 Å². The maximum Gasteiger partial charge on any atom is 0.182 e. The zero-order valence-electron chi connectivity index (χ0n) is 16.2. The number of nitrogens with zero attached hydrogens (tertiary/aromatic N) is 2. The minimum atomic E-state index is -0.198. The Bertz CT molecular complexity index is 795. The predicted octanol–water partition coefficient (Wildman–Crippen LogP) is 4.24. The molecule has 4 rings (SSSR count). The molecule has 0 aliphatic carbocycles. The highest BCUT2D eigenvalue weighted by atomic mass is 16.6. The first-order chi connectivity index (χ1) is 13.2. The van der Waals surface area contributed by atoms with E-state index in [9.17, 15) is 0 Å². The van der Waals surface area contributed by atoms with Gasteiger partial charge in [0.1, 0.15) is 18.5 Å². The maximum atomic E-state index is 5.98. The van der Waals surface area contributed by atoms with Crippen molar-refractivity contribution < 1.29 is 9.47 Å². The van der Waals surface area contributed by atoms with Gasteiger partial charge in [-0.15, -0.1) is 0 Å². The molecular formula is C23H28N2O2. The van der Waals surface area contributed by atoms with Crippen LogP contribution in [0.3, 0.4) is 0 Å². The summed E-state index contributed by atoms with van der Waals surface area (Å²) in [6.45, 7) is 8.09. The fraction of sp³-hybridized carbons (Fsp3) is 0.435. The molecule has 1 unspecified atom stereocenters. The van der Waals surface area contributed by atoms with Crippen LogP contribution in [0.15, 0.2) is 47.5 Å². The quantitative estimate of drug-likeness (QED) is 0.769. The summed E-state index contributed by atoms with van der Waals surface area (Å²) in [5.41, 5.74) is 5.12. The molecule has 1 saturated heterocycles. The van der Waals surface area contributed by atoms with Crippen LogP contribution in [0.2, 0.25) is 0 Å². The van der Waals surface area contributed by atoms with Gasteiger partial charge in [0.25, 0.3) is 0 Å². The predicted molar refractivity (Wildman–Crippen MR) is 110 cm³/mol.